The van der Waals surface area contributed by atoms with Crippen molar-refractivity contribution in [3.8, 4) is 0 Å². The molecule has 0 saturated carbocycles. The van der Waals surface area contributed by atoms with Crippen LogP contribution in [-0.4, -0.2) is 34.2 Å². The van der Waals surface area contributed by atoms with Gasteiger partial charge >= 0.3 is 0 Å². The van der Waals surface area contributed by atoms with Crippen molar-refractivity contribution in [2.75, 3.05) is 13.1 Å². The van der Waals surface area contributed by atoms with Gasteiger partial charge in [0.05, 0.1) is 6.54 Å². The van der Waals surface area contributed by atoms with Crippen molar-refractivity contribution in [1.82, 2.24) is 15.0 Å². The zero-order valence-electron chi connectivity index (χ0n) is 11.4. The molecule has 1 aromatic rings. The molecule has 1 aliphatic rings. The summed E-state index contributed by atoms with van der Waals surface area (Å²) in [6, 6.07) is 0.351. The highest BCUT2D eigenvalue weighted by Crippen LogP contribution is 2.19. The number of hydrogen-bond acceptors (Lipinski definition) is 5. The van der Waals surface area contributed by atoms with Gasteiger partial charge in [-0.2, -0.15) is 4.98 Å². The average molecular weight is 252 g/mol. The van der Waals surface area contributed by atoms with E-state index in [2.05, 4.69) is 28.9 Å². The molecule has 5 heteroatoms. The van der Waals surface area contributed by atoms with Crippen LogP contribution >= 0.6 is 0 Å². The molecule has 1 aliphatic heterocycles. The van der Waals surface area contributed by atoms with Crippen LogP contribution in [0.3, 0.4) is 0 Å². The van der Waals surface area contributed by atoms with Gasteiger partial charge in [-0.15, -0.1) is 0 Å². The fourth-order valence-corrected chi connectivity index (χ4v) is 2.57. The summed E-state index contributed by atoms with van der Waals surface area (Å²) in [5, 5.41) is 3.99. The van der Waals surface area contributed by atoms with Crippen LogP contribution in [0.5, 0.6) is 0 Å². The maximum Gasteiger partial charge on any atom is 0.240 e. The van der Waals surface area contributed by atoms with Crippen molar-refractivity contribution >= 4 is 0 Å². The molecule has 2 rings (SSSR count). The molecular formula is C13H24N4O. The zero-order chi connectivity index (χ0) is 13.0. The molecule has 1 saturated heterocycles. The van der Waals surface area contributed by atoms with E-state index in [1.807, 2.05) is 0 Å². The van der Waals surface area contributed by atoms with Crippen molar-refractivity contribution in [3.63, 3.8) is 0 Å². The number of nitrogens with two attached hydrogens (primary N) is 1. The predicted octanol–water partition coefficient (Wildman–Crippen LogP) is 1.58. The summed E-state index contributed by atoms with van der Waals surface area (Å²) in [4.78, 5) is 6.79. The Bertz CT molecular complexity index is 366. The molecule has 0 aliphatic carbocycles. The molecule has 0 radical (unpaired) electrons. The van der Waals surface area contributed by atoms with Crippen LogP contribution in [0.2, 0.25) is 0 Å². The lowest BCUT2D eigenvalue weighted by atomic mass is 9.91. The number of nitrogens with zero attached hydrogens (tertiary/aromatic N) is 3. The van der Waals surface area contributed by atoms with Crippen LogP contribution in [0.1, 0.15) is 44.8 Å². The lowest BCUT2D eigenvalue weighted by molar-refractivity contribution is 0.131. The maximum absolute atomic E-state index is 6.11. The van der Waals surface area contributed by atoms with Gasteiger partial charge in [0.2, 0.25) is 5.89 Å². The summed E-state index contributed by atoms with van der Waals surface area (Å²) in [6.07, 6.45) is 4.15. The quantitative estimate of drug-likeness (QED) is 0.861. The molecule has 0 aromatic carbocycles. The molecule has 2 atom stereocenters. The van der Waals surface area contributed by atoms with E-state index >= 15 is 0 Å². The lowest BCUT2D eigenvalue weighted by Crippen LogP contribution is -2.46. The van der Waals surface area contributed by atoms with Crippen LogP contribution in [0.4, 0.5) is 0 Å². The Balaban J connectivity index is 1.88. The first-order chi connectivity index (χ1) is 8.72. The Hall–Kier alpha value is -0.940. The molecule has 2 N–H and O–H groups in total. The molecule has 1 fully saturated rings. The Labute approximate surface area is 109 Å². The number of aromatic nitrogens is 2. The van der Waals surface area contributed by atoms with Gasteiger partial charge < -0.3 is 10.3 Å². The standard InChI is InChI=1S/C13H24N4O/c1-3-5-12-15-13(18-16-12)9-17-7-6-11(14)10(4-2)8-17/h10-11H,3-9,14H2,1-2H3. The number of aryl methyl sites for hydroxylation is 1. The number of hydrogen-bond donors (Lipinski definition) is 1. The monoisotopic (exact) mass is 252 g/mol. The predicted molar refractivity (Wildman–Crippen MR) is 69.9 cm³/mol. The summed E-state index contributed by atoms with van der Waals surface area (Å²) >= 11 is 0. The second kappa shape index (κ2) is 6.29. The van der Waals surface area contributed by atoms with Crippen molar-refractivity contribution in [2.45, 2.75) is 52.1 Å². The van der Waals surface area contributed by atoms with Gasteiger partial charge in [0.15, 0.2) is 5.82 Å². The van der Waals surface area contributed by atoms with E-state index in [0.29, 0.717) is 12.0 Å². The molecule has 5 nitrogen and oxygen atoms in total. The SMILES string of the molecule is CCCc1noc(CN2CCC(N)C(CC)C2)n1. The summed E-state index contributed by atoms with van der Waals surface area (Å²) in [5.41, 5.74) is 6.11. The highest BCUT2D eigenvalue weighted by atomic mass is 16.5. The molecule has 2 unspecified atom stereocenters. The second-order valence-corrected chi connectivity index (χ2v) is 5.21. The zero-order valence-corrected chi connectivity index (χ0v) is 11.4. The Kier molecular flexibility index (Phi) is 4.72. The van der Waals surface area contributed by atoms with E-state index in [0.717, 1.165) is 57.0 Å². The largest absolute Gasteiger partial charge is 0.338 e. The minimum atomic E-state index is 0.351. The normalized spacial score (nSPS) is 25.5. The third kappa shape index (κ3) is 3.29. The van der Waals surface area contributed by atoms with Crippen molar-refractivity contribution in [2.24, 2.45) is 11.7 Å². The fourth-order valence-electron chi connectivity index (χ4n) is 2.57. The Morgan fingerprint density at radius 1 is 1.44 bits per heavy atom. The van der Waals surface area contributed by atoms with Crippen molar-refractivity contribution in [1.29, 1.82) is 0 Å². The number of piperidine rings is 1. The second-order valence-electron chi connectivity index (χ2n) is 5.21. The van der Waals surface area contributed by atoms with Crippen LogP contribution in [-0.2, 0) is 13.0 Å². The molecule has 102 valence electrons. The van der Waals surface area contributed by atoms with Gasteiger partial charge in [0.1, 0.15) is 0 Å². The first-order valence-electron chi connectivity index (χ1n) is 7.02. The number of likely N-dealkylation sites (tertiary alicyclic amines) is 1. The minimum Gasteiger partial charge on any atom is -0.338 e. The molecule has 18 heavy (non-hydrogen) atoms. The van der Waals surface area contributed by atoms with E-state index < -0.39 is 0 Å². The molecule has 1 aromatic heterocycles. The average Bonchev–Trinajstić information content (AvgIpc) is 2.80. The third-order valence-corrected chi connectivity index (χ3v) is 3.74. The smallest absolute Gasteiger partial charge is 0.240 e. The van der Waals surface area contributed by atoms with Crippen LogP contribution in [0.15, 0.2) is 4.52 Å². The molecule has 0 amide bonds. The molecular weight excluding hydrogens is 228 g/mol. The number of rotatable bonds is 5. The molecule has 2 heterocycles. The summed E-state index contributed by atoms with van der Waals surface area (Å²) in [6.45, 7) is 7.17. The van der Waals surface area contributed by atoms with Crippen LogP contribution in [0, 0.1) is 5.92 Å². The molecule has 0 spiro atoms. The van der Waals surface area contributed by atoms with Gasteiger partial charge in [0, 0.05) is 25.6 Å². The van der Waals surface area contributed by atoms with E-state index in [1.165, 1.54) is 0 Å². The first-order valence-corrected chi connectivity index (χ1v) is 7.02. The highest BCUT2D eigenvalue weighted by Gasteiger charge is 2.26. The van der Waals surface area contributed by atoms with Crippen LogP contribution in [0.25, 0.3) is 0 Å². The summed E-state index contributed by atoms with van der Waals surface area (Å²) < 4.78 is 5.28. The third-order valence-electron chi connectivity index (χ3n) is 3.74. The van der Waals surface area contributed by atoms with Gasteiger partial charge in [-0.05, 0) is 18.8 Å². The Morgan fingerprint density at radius 2 is 2.28 bits per heavy atom. The minimum absolute atomic E-state index is 0.351. The van der Waals surface area contributed by atoms with Gasteiger partial charge in [-0.3, -0.25) is 4.90 Å². The summed E-state index contributed by atoms with van der Waals surface area (Å²) in [5.74, 6) is 2.16. The van der Waals surface area contributed by atoms with Gasteiger partial charge in [-0.25, -0.2) is 0 Å². The highest BCUT2D eigenvalue weighted by molar-refractivity contribution is 4.89. The van der Waals surface area contributed by atoms with Crippen molar-refractivity contribution < 1.29 is 4.52 Å². The first kappa shape index (κ1) is 13.5. The van der Waals surface area contributed by atoms with E-state index in [1.54, 1.807) is 0 Å². The van der Waals surface area contributed by atoms with Gasteiger partial charge in [-0.1, -0.05) is 25.4 Å². The maximum atomic E-state index is 6.11. The molecule has 0 bridgehead atoms. The van der Waals surface area contributed by atoms with E-state index in [4.69, 9.17) is 10.3 Å². The topological polar surface area (TPSA) is 68.2 Å². The van der Waals surface area contributed by atoms with Gasteiger partial charge in [0.25, 0.3) is 0 Å². The van der Waals surface area contributed by atoms with E-state index in [-0.39, 0.29) is 0 Å². The summed E-state index contributed by atoms with van der Waals surface area (Å²) in [7, 11) is 0. The van der Waals surface area contributed by atoms with Crippen molar-refractivity contribution in [3.05, 3.63) is 11.7 Å². The van der Waals surface area contributed by atoms with E-state index in [9.17, 15) is 0 Å². The van der Waals surface area contributed by atoms with Crippen LogP contribution < -0.4 is 5.73 Å². The Morgan fingerprint density at radius 3 is 3.00 bits per heavy atom. The lowest BCUT2D eigenvalue weighted by Gasteiger charge is -2.35. The fraction of sp³-hybridized carbons (Fsp3) is 0.846.